The fourth-order valence-electron chi connectivity index (χ4n) is 1.73. The van der Waals surface area contributed by atoms with Gasteiger partial charge in [-0.1, -0.05) is 27.7 Å². The van der Waals surface area contributed by atoms with E-state index in [0.29, 0.717) is 24.7 Å². The van der Waals surface area contributed by atoms with E-state index in [1.165, 1.54) is 0 Å². The monoisotopic (exact) mass is 174 g/mol. The van der Waals surface area contributed by atoms with Crippen molar-refractivity contribution in [2.24, 2.45) is 11.8 Å². The summed E-state index contributed by atoms with van der Waals surface area (Å²) in [4.78, 5) is 0. The highest BCUT2D eigenvalue weighted by atomic mass is 16.3. The molecule has 0 unspecified atom stereocenters. The predicted molar refractivity (Wildman–Crippen MR) is 50.9 cm³/mol. The smallest absolute Gasteiger partial charge is 0.0882 e. The van der Waals surface area contributed by atoms with E-state index in [-0.39, 0.29) is 6.61 Å². The largest absolute Gasteiger partial charge is 0.393 e. The topological polar surface area (TPSA) is 40.5 Å². The second-order valence-electron chi connectivity index (χ2n) is 4.58. The Morgan fingerprint density at radius 1 is 1.00 bits per heavy atom. The van der Waals surface area contributed by atoms with E-state index in [1.807, 2.05) is 0 Å². The molecule has 2 nitrogen and oxygen atoms in total. The van der Waals surface area contributed by atoms with Crippen LogP contribution in [-0.2, 0) is 0 Å². The molecule has 0 radical (unpaired) electrons. The van der Waals surface area contributed by atoms with Crippen LogP contribution in [0.4, 0.5) is 0 Å². The van der Waals surface area contributed by atoms with E-state index in [2.05, 4.69) is 27.7 Å². The van der Waals surface area contributed by atoms with Crippen LogP contribution in [0.1, 0.15) is 40.5 Å². The van der Waals surface area contributed by atoms with Crippen LogP contribution in [0.3, 0.4) is 0 Å². The van der Waals surface area contributed by atoms with Gasteiger partial charge in [0, 0.05) is 0 Å². The molecule has 0 aliphatic carbocycles. The van der Waals surface area contributed by atoms with Crippen LogP contribution >= 0.6 is 0 Å². The van der Waals surface area contributed by atoms with Crippen LogP contribution in [0.25, 0.3) is 0 Å². The quantitative estimate of drug-likeness (QED) is 0.667. The van der Waals surface area contributed by atoms with Crippen molar-refractivity contribution in [2.45, 2.75) is 46.1 Å². The summed E-state index contributed by atoms with van der Waals surface area (Å²) in [6, 6.07) is 0. The zero-order valence-electron chi connectivity index (χ0n) is 8.67. The van der Waals surface area contributed by atoms with Gasteiger partial charge in [0.25, 0.3) is 0 Å². The summed E-state index contributed by atoms with van der Waals surface area (Å²) in [7, 11) is 0. The van der Waals surface area contributed by atoms with Crippen LogP contribution in [0.15, 0.2) is 0 Å². The number of aliphatic hydroxyl groups excluding tert-OH is 1. The molecule has 0 aromatic heterocycles. The summed E-state index contributed by atoms with van der Waals surface area (Å²) in [5.41, 5.74) is -0.859. The first-order chi connectivity index (χ1) is 5.39. The number of aliphatic hydroxyl groups is 2. The van der Waals surface area contributed by atoms with Gasteiger partial charge in [0.15, 0.2) is 0 Å². The molecular weight excluding hydrogens is 152 g/mol. The van der Waals surface area contributed by atoms with Crippen molar-refractivity contribution in [1.29, 1.82) is 0 Å². The van der Waals surface area contributed by atoms with Crippen molar-refractivity contribution in [3.63, 3.8) is 0 Å². The molecular formula is C10H22O2. The van der Waals surface area contributed by atoms with Gasteiger partial charge < -0.3 is 10.2 Å². The zero-order valence-corrected chi connectivity index (χ0v) is 8.67. The lowest BCUT2D eigenvalue weighted by Crippen LogP contribution is -2.36. The van der Waals surface area contributed by atoms with Gasteiger partial charge in [0.2, 0.25) is 0 Å². The Bertz CT molecular complexity index is 109. The van der Waals surface area contributed by atoms with Crippen molar-refractivity contribution >= 4 is 0 Å². The zero-order chi connectivity index (χ0) is 9.78. The van der Waals surface area contributed by atoms with E-state index in [0.717, 1.165) is 0 Å². The third-order valence-corrected chi connectivity index (χ3v) is 1.87. The van der Waals surface area contributed by atoms with E-state index in [1.54, 1.807) is 0 Å². The summed E-state index contributed by atoms with van der Waals surface area (Å²) in [6.07, 6.45) is 1.36. The van der Waals surface area contributed by atoms with Gasteiger partial charge in [-0.25, -0.2) is 0 Å². The molecule has 0 aromatic rings. The summed E-state index contributed by atoms with van der Waals surface area (Å²) in [6.45, 7) is 8.10. The van der Waals surface area contributed by atoms with Gasteiger partial charge in [0.05, 0.1) is 12.2 Å². The molecule has 0 aromatic carbocycles. The lowest BCUT2D eigenvalue weighted by molar-refractivity contribution is -0.0449. The molecule has 0 aliphatic rings. The fraction of sp³-hybridized carbons (Fsp3) is 1.00. The summed E-state index contributed by atoms with van der Waals surface area (Å²) >= 11 is 0. The van der Waals surface area contributed by atoms with Gasteiger partial charge in [-0.15, -0.1) is 0 Å². The molecule has 12 heavy (non-hydrogen) atoms. The first kappa shape index (κ1) is 11.9. The highest BCUT2D eigenvalue weighted by Crippen LogP contribution is 2.23. The minimum Gasteiger partial charge on any atom is -0.393 e. The maximum Gasteiger partial charge on any atom is 0.0882 e. The van der Waals surface area contributed by atoms with Gasteiger partial charge >= 0.3 is 0 Å². The summed E-state index contributed by atoms with van der Waals surface area (Å²) in [5, 5.41) is 18.9. The standard InChI is InChI=1S/C10H22O2/c1-8(2)5-10(12,7-11)6-9(3)4/h8-9,11-12H,5-7H2,1-4H3. The van der Waals surface area contributed by atoms with Crippen molar-refractivity contribution in [2.75, 3.05) is 6.61 Å². The SMILES string of the molecule is CC(C)CC(O)(CO)CC(C)C. The van der Waals surface area contributed by atoms with Crippen LogP contribution < -0.4 is 0 Å². The molecule has 2 N–H and O–H groups in total. The lowest BCUT2D eigenvalue weighted by Gasteiger charge is -2.29. The van der Waals surface area contributed by atoms with E-state index in [9.17, 15) is 5.11 Å². The fourth-order valence-corrected chi connectivity index (χ4v) is 1.73. The molecule has 0 spiro atoms. The van der Waals surface area contributed by atoms with E-state index in [4.69, 9.17) is 5.11 Å². The Balaban J connectivity index is 4.04. The van der Waals surface area contributed by atoms with Gasteiger partial charge in [-0.3, -0.25) is 0 Å². The number of rotatable bonds is 5. The molecule has 2 heteroatoms. The van der Waals surface area contributed by atoms with E-state index < -0.39 is 5.60 Å². The van der Waals surface area contributed by atoms with Crippen molar-refractivity contribution in [1.82, 2.24) is 0 Å². The molecule has 0 fully saturated rings. The van der Waals surface area contributed by atoms with Crippen LogP contribution in [-0.4, -0.2) is 22.4 Å². The normalized spacial score (nSPS) is 13.0. The molecule has 74 valence electrons. The third-order valence-electron chi connectivity index (χ3n) is 1.87. The third kappa shape index (κ3) is 4.73. The van der Waals surface area contributed by atoms with Gasteiger partial charge in [-0.2, -0.15) is 0 Å². The summed E-state index contributed by atoms with van der Waals surface area (Å²) in [5.74, 6) is 0.863. The minimum absolute atomic E-state index is 0.122. The molecule has 0 atom stereocenters. The molecule has 0 saturated heterocycles. The predicted octanol–water partition coefficient (Wildman–Crippen LogP) is 1.80. The highest BCUT2D eigenvalue weighted by Gasteiger charge is 2.27. The first-order valence-electron chi connectivity index (χ1n) is 4.73. The Morgan fingerprint density at radius 2 is 1.33 bits per heavy atom. The maximum absolute atomic E-state index is 9.91. The average molecular weight is 174 g/mol. The Morgan fingerprint density at radius 3 is 1.50 bits per heavy atom. The second-order valence-corrected chi connectivity index (χ2v) is 4.58. The van der Waals surface area contributed by atoms with E-state index >= 15 is 0 Å². The van der Waals surface area contributed by atoms with Crippen molar-refractivity contribution in [3.05, 3.63) is 0 Å². The number of hydrogen-bond acceptors (Lipinski definition) is 2. The first-order valence-corrected chi connectivity index (χ1v) is 4.73. The minimum atomic E-state index is -0.859. The van der Waals surface area contributed by atoms with Crippen LogP contribution in [0.2, 0.25) is 0 Å². The summed E-state index contributed by atoms with van der Waals surface area (Å²) < 4.78 is 0. The molecule has 0 rings (SSSR count). The molecule has 0 saturated carbocycles. The Labute approximate surface area is 75.6 Å². The molecule has 0 bridgehead atoms. The van der Waals surface area contributed by atoms with Crippen molar-refractivity contribution in [3.8, 4) is 0 Å². The second kappa shape index (κ2) is 4.83. The van der Waals surface area contributed by atoms with Crippen LogP contribution in [0.5, 0.6) is 0 Å². The Kier molecular flexibility index (Phi) is 4.80. The maximum atomic E-state index is 9.91. The Hall–Kier alpha value is -0.0800. The van der Waals surface area contributed by atoms with Crippen molar-refractivity contribution < 1.29 is 10.2 Å². The number of hydrogen-bond donors (Lipinski definition) is 2. The lowest BCUT2D eigenvalue weighted by atomic mass is 9.86. The van der Waals surface area contributed by atoms with Gasteiger partial charge in [0.1, 0.15) is 0 Å². The van der Waals surface area contributed by atoms with Crippen LogP contribution in [0, 0.1) is 11.8 Å². The van der Waals surface area contributed by atoms with Gasteiger partial charge in [-0.05, 0) is 24.7 Å². The molecule has 0 amide bonds. The highest BCUT2D eigenvalue weighted by molar-refractivity contribution is 4.79. The molecule has 0 aliphatic heterocycles. The molecule has 0 heterocycles. The average Bonchev–Trinajstić information content (AvgIpc) is 1.83.